The van der Waals surface area contributed by atoms with Gasteiger partial charge in [0.2, 0.25) is 0 Å². The monoisotopic (exact) mass is 360 g/mol. The van der Waals surface area contributed by atoms with E-state index >= 15 is 0 Å². The highest BCUT2D eigenvalue weighted by Gasteiger charge is 2.13. The van der Waals surface area contributed by atoms with Gasteiger partial charge in [0, 0.05) is 29.7 Å². The minimum absolute atomic E-state index is 0.121. The van der Waals surface area contributed by atoms with Gasteiger partial charge in [-0.3, -0.25) is 4.79 Å². The number of benzene rings is 2. The SMILES string of the molecule is Cc1ccc2c(=O)c3ccccc3n(CCCNCc3ncc[nH]3)c2c1C. The van der Waals surface area contributed by atoms with E-state index in [0.29, 0.717) is 0 Å². The normalized spacial score (nSPS) is 11.5. The third-order valence-corrected chi connectivity index (χ3v) is 5.24. The van der Waals surface area contributed by atoms with Crippen molar-refractivity contribution in [2.24, 2.45) is 0 Å². The largest absolute Gasteiger partial charge is 0.348 e. The smallest absolute Gasteiger partial charge is 0.197 e. The van der Waals surface area contributed by atoms with Gasteiger partial charge in [0.05, 0.1) is 17.6 Å². The molecule has 2 N–H and O–H groups in total. The zero-order valence-corrected chi connectivity index (χ0v) is 15.7. The van der Waals surface area contributed by atoms with Gasteiger partial charge in [-0.1, -0.05) is 18.2 Å². The van der Waals surface area contributed by atoms with Gasteiger partial charge in [-0.15, -0.1) is 0 Å². The van der Waals surface area contributed by atoms with Crippen LogP contribution in [0.1, 0.15) is 23.4 Å². The molecule has 138 valence electrons. The summed E-state index contributed by atoms with van der Waals surface area (Å²) >= 11 is 0. The van der Waals surface area contributed by atoms with Gasteiger partial charge in [-0.25, -0.2) is 4.98 Å². The zero-order chi connectivity index (χ0) is 18.8. The van der Waals surface area contributed by atoms with Gasteiger partial charge in [0.1, 0.15) is 5.82 Å². The van der Waals surface area contributed by atoms with E-state index in [1.165, 1.54) is 11.1 Å². The summed E-state index contributed by atoms with van der Waals surface area (Å²) in [6.45, 7) is 6.68. The quantitative estimate of drug-likeness (QED) is 0.407. The van der Waals surface area contributed by atoms with Crippen LogP contribution in [0.2, 0.25) is 0 Å². The fourth-order valence-electron chi connectivity index (χ4n) is 3.69. The Morgan fingerprint density at radius 1 is 1.11 bits per heavy atom. The van der Waals surface area contributed by atoms with Crippen LogP contribution in [0.15, 0.2) is 53.6 Å². The topological polar surface area (TPSA) is 62.7 Å². The molecular formula is C22H24N4O. The van der Waals surface area contributed by atoms with E-state index in [9.17, 15) is 4.79 Å². The van der Waals surface area contributed by atoms with Crippen molar-refractivity contribution in [1.29, 1.82) is 0 Å². The number of nitrogens with zero attached hydrogens (tertiary/aromatic N) is 2. The van der Waals surface area contributed by atoms with Crippen molar-refractivity contribution in [3.8, 4) is 0 Å². The number of imidazole rings is 1. The first-order valence-electron chi connectivity index (χ1n) is 9.37. The number of rotatable bonds is 6. The highest BCUT2D eigenvalue weighted by atomic mass is 16.1. The molecule has 0 amide bonds. The number of nitrogens with one attached hydrogen (secondary N) is 2. The molecule has 0 atom stereocenters. The Hall–Kier alpha value is -2.92. The predicted octanol–water partition coefficient (Wildman–Crippen LogP) is 3.67. The molecular weight excluding hydrogens is 336 g/mol. The molecule has 0 unspecified atom stereocenters. The molecule has 0 aliphatic carbocycles. The number of aromatic amines is 1. The molecule has 0 saturated carbocycles. The van der Waals surface area contributed by atoms with E-state index < -0.39 is 0 Å². The van der Waals surface area contributed by atoms with Crippen molar-refractivity contribution >= 4 is 21.8 Å². The maximum Gasteiger partial charge on any atom is 0.197 e. The molecule has 4 rings (SSSR count). The molecule has 0 spiro atoms. The molecule has 27 heavy (non-hydrogen) atoms. The molecule has 0 fully saturated rings. The highest BCUT2D eigenvalue weighted by molar-refractivity contribution is 5.95. The van der Waals surface area contributed by atoms with Gasteiger partial charge in [-0.05, 0) is 56.1 Å². The summed E-state index contributed by atoms with van der Waals surface area (Å²) in [6, 6.07) is 11.9. The molecule has 0 bridgehead atoms. The van der Waals surface area contributed by atoms with Gasteiger partial charge in [-0.2, -0.15) is 0 Å². The minimum atomic E-state index is 0.121. The van der Waals surface area contributed by atoms with Crippen LogP contribution in [-0.4, -0.2) is 21.1 Å². The number of fused-ring (bicyclic) bond motifs is 2. The lowest BCUT2D eigenvalue weighted by molar-refractivity contribution is 0.588. The molecule has 0 aliphatic rings. The standard InChI is InChI=1S/C22H24N4O/c1-15-8-9-18-21(16(15)2)26(19-7-4-3-6-17(19)22(18)27)13-5-10-23-14-20-24-11-12-25-20/h3-4,6-9,11-12,23H,5,10,13-14H2,1-2H3,(H,24,25). The van der Waals surface area contributed by atoms with Crippen LogP contribution in [-0.2, 0) is 13.1 Å². The Labute approximate surface area is 158 Å². The zero-order valence-electron chi connectivity index (χ0n) is 15.7. The number of para-hydroxylation sites is 1. The second-order valence-electron chi connectivity index (χ2n) is 6.97. The van der Waals surface area contributed by atoms with Gasteiger partial charge in [0.15, 0.2) is 5.43 Å². The lowest BCUT2D eigenvalue weighted by atomic mass is 10.0. The van der Waals surface area contributed by atoms with Crippen LogP contribution < -0.4 is 10.7 Å². The third-order valence-electron chi connectivity index (χ3n) is 5.24. The lowest BCUT2D eigenvalue weighted by Crippen LogP contribution is -2.19. The summed E-state index contributed by atoms with van der Waals surface area (Å²) in [7, 11) is 0. The first-order chi connectivity index (χ1) is 13.2. The predicted molar refractivity (Wildman–Crippen MR) is 110 cm³/mol. The summed E-state index contributed by atoms with van der Waals surface area (Å²) in [5, 5.41) is 5.02. The van der Waals surface area contributed by atoms with Gasteiger partial charge < -0.3 is 14.9 Å². The first kappa shape index (κ1) is 17.5. The van der Waals surface area contributed by atoms with Gasteiger partial charge >= 0.3 is 0 Å². The van der Waals surface area contributed by atoms with Crippen molar-refractivity contribution < 1.29 is 0 Å². The lowest BCUT2D eigenvalue weighted by Gasteiger charge is -2.18. The Balaban J connectivity index is 1.68. The number of pyridine rings is 1. The van der Waals surface area contributed by atoms with E-state index in [4.69, 9.17) is 0 Å². The number of aromatic nitrogens is 3. The van der Waals surface area contributed by atoms with Crippen molar-refractivity contribution in [1.82, 2.24) is 19.9 Å². The molecule has 5 nitrogen and oxygen atoms in total. The molecule has 2 heterocycles. The number of hydrogen-bond donors (Lipinski definition) is 2. The van der Waals surface area contributed by atoms with Crippen LogP contribution in [0.4, 0.5) is 0 Å². The van der Waals surface area contributed by atoms with Crippen molar-refractivity contribution in [3.63, 3.8) is 0 Å². The Morgan fingerprint density at radius 2 is 1.96 bits per heavy atom. The fourth-order valence-corrected chi connectivity index (χ4v) is 3.69. The Kier molecular flexibility index (Phi) is 4.77. The van der Waals surface area contributed by atoms with Crippen molar-refractivity contribution in [2.75, 3.05) is 6.54 Å². The molecule has 2 aromatic carbocycles. The van der Waals surface area contributed by atoms with Gasteiger partial charge in [0.25, 0.3) is 0 Å². The van der Waals surface area contributed by atoms with Crippen LogP contribution >= 0.6 is 0 Å². The molecule has 0 radical (unpaired) electrons. The summed E-state index contributed by atoms with van der Waals surface area (Å²) in [6.07, 6.45) is 4.57. The van der Waals surface area contributed by atoms with E-state index in [-0.39, 0.29) is 5.43 Å². The Bertz CT molecular complexity index is 1140. The van der Waals surface area contributed by atoms with Crippen LogP contribution in [0.5, 0.6) is 0 Å². The number of aryl methyl sites for hydroxylation is 3. The summed E-state index contributed by atoms with van der Waals surface area (Å²) in [5.41, 5.74) is 4.58. The summed E-state index contributed by atoms with van der Waals surface area (Å²) in [4.78, 5) is 20.3. The maximum absolute atomic E-state index is 13.0. The second-order valence-corrected chi connectivity index (χ2v) is 6.97. The Morgan fingerprint density at radius 3 is 2.78 bits per heavy atom. The highest BCUT2D eigenvalue weighted by Crippen LogP contribution is 2.24. The third kappa shape index (κ3) is 3.26. The maximum atomic E-state index is 13.0. The molecule has 0 saturated heterocycles. The van der Waals surface area contributed by atoms with Crippen molar-refractivity contribution in [3.05, 3.63) is 76.0 Å². The van der Waals surface area contributed by atoms with E-state index in [1.54, 1.807) is 6.20 Å². The summed E-state index contributed by atoms with van der Waals surface area (Å²) < 4.78 is 2.31. The number of H-pyrrole nitrogens is 1. The second kappa shape index (κ2) is 7.37. The average Bonchev–Trinajstić information content (AvgIpc) is 3.20. The molecule has 5 heteroatoms. The minimum Gasteiger partial charge on any atom is -0.348 e. The van der Waals surface area contributed by atoms with Crippen molar-refractivity contribution in [2.45, 2.75) is 33.4 Å². The first-order valence-corrected chi connectivity index (χ1v) is 9.37. The van der Waals surface area contributed by atoms with Crippen LogP contribution in [0.3, 0.4) is 0 Å². The fraction of sp³-hybridized carbons (Fsp3) is 0.273. The average molecular weight is 360 g/mol. The van der Waals surface area contributed by atoms with E-state index in [1.807, 2.05) is 42.6 Å². The summed E-state index contributed by atoms with van der Waals surface area (Å²) in [5.74, 6) is 0.945. The van der Waals surface area contributed by atoms with Crippen LogP contribution in [0, 0.1) is 13.8 Å². The van der Waals surface area contributed by atoms with Crippen LogP contribution in [0.25, 0.3) is 21.8 Å². The molecule has 4 aromatic rings. The molecule has 0 aliphatic heterocycles. The molecule has 2 aromatic heterocycles. The van der Waals surface area contributed by atoms with E-state index in [0.717, 1.165) is 53.7 Å². The van der Waals surface area contributed by atoms with E-state index in [2.05, 4.69) is 33.7 Å². The number of hydrogen-bond acceptors (Lipinski definition) is 3.